The Balaban J connectivity index is 0.000000727. The van der Waals surface area contributed by atoms with Gasteiger partial charge in [-0.05, 0) is 67.9 Å². The number of aromatic nitrogens is 2. The lowest BCUT2D eigenvalue weighted by Crippen LogP contribution is -2.37. The Kier molecular flexibility index (Phi) is 12.1. The van der Waals surface area contributed by atoms with Crippen LogP contribution in [-0.2, 0) is 31.9 Å². The monoisotopic (exact) mass is 745 g/mol. The average Bonchev–Trinajstić information content (AvgIpc) is 3.06. The second kappa shape index (κ2) is 15.5. The highest BCUT2D eigenvalue weighted by atomic mass is 32.2. The molecule has 1 aliphatic heterocycles. The van der Waals surface area contributed by atoms with Crippen molar-refractivity contribution >= 4 is 38.7 Å². The average molecular weight is 746 g/mol. The third kappa shape index (κ3) is 10.5. The number of carboxylic acids is 1. The van der Waals surface area contributed by atoms with Crippen LogP contribution in [-0.4, -0.2) is 75.0 Å². The Morgan fingerprint density at radius 3 is 1.88 bits per heavy atom. The smallest absolute Gasteiger partial charge is 0.475 e. The maximum atomic E-state index is 13.2. The number of carbonyl (C=O) groups is 1. The summed E-state index contributed by atoms with van der Waals surface area (Å²) in [5.74, 6) is -1.26. The molecule has 20 heteroatoms. The predicted molar refractivity (Wildman–Crippen MR) is 162 cm³/mol. The highest BCUT2D eigenvalue weighted by molar-refractivity contribution is 7.89. The van der Waals surface area contributed by atoms with E-state index in [-0.39, 0.29) is 36.6 Å². The summed E-state index contributed by atoms with van der Waals surface area (Å²) in [4.78, 5) is 19.4. The molecule has 2 fully saturated rings. The van der Waals surface area contributed by atoms with Crippen molar-refractivity contribution in [3.8, 4) is 0 Å². The molecule has 2 aliphatic rings. The molecule has 276 valence electrons. The summed E-state index contributed by atoms with van der Waals surface area (Å²) >= 11 is 0. The fourth-order valence-electron chi connectivity index (χ4n) is 5.42. The zero-order valence-corrected chi connectivity index (χ0v) is 26.8. The Morgan fingerprint density at radius 1 is 0.840 bits per heavy atom. The van der Waals surface area contributed by atoms with E-state index in [4.69, 9.17) is 19.6 Å². The molecule has 0 spiro atoms. The van der Waals surface area contributed by atoms with Gasteiger partial charge in [-0.25, -0.2) is 22.9 Å². The largest absolute Gasteiger partial charge is 0.490 e. The van der Waals surface area contributed by atoms with Gasteiger partial charge < -0.3 is 20.1 Å². The third-order valence-electron chi connectivity index (χ3n) is 8.08. The van der Waals surface area contributed by atoms with Crippen LogP contribution in [0.15, 0.2) is 47.4 Å². The second-order valence-electron chi connectivity index (χ2n) is 11.7. The summed E-state index contributed by atoms with van der Waals surface area (Å²) in [6.45, 7) is 3.21. The lowest BCUT2D eigenvalue weighted by Gasteiger charge is -2.30. The Morgan fingerprint density at radius 2 is 1.36 bits per heavy atom. The molecule has 0 bridgehead atoms. The van der Waals surface area contributed by atoms with Crippen molar-refractivity contribution in [2.24, 2.45) is 11.8 Å². The van der Waals surface area contributed by atoms with Crippen LogP contribution >= 0.6 is 0 Å². The second-order valence-corrected chi connectivity index (χ2v) is 13.4. The molecule has 1 saturated carbocycles. The van der Waals surface area contributed by atoms with Crippen molar-refractivity contribution in [1.29, 1.82) is 0 Å². The number of carboxylic acid groups (broad SMARTS) is 1. The Hall–Kier alpha value is -3.91. The molecule has 2 heterocycles. The van der Waals surface area contributed by atoms with Gasteiger partial charge in [-0.15, -0.1) is 0 Å². The lowest BCUT2D eigenvalue weighted by atomic mass is 9.82. The third-order valence-corrected chi connectivity index (χ3v) is 9.49. The molecular weight excluding hydrogens is 713 g/mol. The molecule has 0 unspecified atom stereocenters. The minimum Gasteiger partial charge on any atom is -0.475 e. The van der Waals surface area contributed by atoms with Crippen molar-refractivity contribution < 1.29 is 62.6 Å². The summed E-state index contributed by atoms with van der Waals surface area (Å²) in [7, 11) is -4.61. The topological polar surface area (TPSA) is 134 Å². The SMILES string of the molecule is O=C(O)C(F)(F)F.O=S(=O)(NCC1CCC(CNc2nc(N3CCOCC3)c3ccccc3n2)CC1)c1cc(C(F)(F)F)cc(C(F)(F)F)c1. The van der Waals surface area contributed by atoms with Gasteiger partial charge in [0, 0.05) is 31.6 Å². The zero-order valence-electron chi connectivity index (χ0n) is 26.0. The molecule has 10 nitrogen and oxygen atoms in total. The number of hydrogen-bond acceptors (Lipinski definition) is 8. The van der Waals surface area contributed by atoms with Gasteiger partial charge >= 0.3 is 24.5 Å². The molecule has 1 aliphatic carbocycles. The van der Waals surface area contributed by atoms with E-state index in [1.807, 2.05) is 24.3 Å². The molecule has 1 saturated heterocycles. The van der Waals surface area contributed by atoms with Crippen LogP contribution in [0, 0.1) is 11.8 Å². The normalized spacial score (nSPS) is 19.1. The quantitative estimate of drug-likeness (QED) is 0.226. The van der Waals surface area contributed by atoms with E-state index in [1.165, 1.54) is 0 Å². The highest BCUT2D eigenvalue weighted by Gasteiger charge is 2.39. The van der Waals surface area contributed by atoms with E-state index in [2.05, 4.69) is 19.9 Å². The van der Waals surface area contributed by atoms with E-state index in [1.54, 1.807) is 0 Å². The molecule has 1 aromatic heterocycles. The number of aliphatic carboxylic acids is 1. The fraction of sp³-hybridized carbons (Fsp3) is 0.500. The van der Waals surface area contributed by atoms with E-state index >= 15 is 0 Å². The van der Waals surface area contributed by atoms with Crippen molar-refractivity contribution in [3.63, 3.8) is 0 Å². The number of sulfonamides is 1. The minimum atomic E-state index is -5.14. The summed E-state index contributed by atoms with van der Waals surface area (Å²) in [5, 5.41) is 11.4. The predicted octanol–water partition coefficient (Wildman–Crippen LogP) is 6.33. The Labute approximate surface area is 280 Å². The van der Waals surface area contributed by atoms with Gasteiger partial charge in [-0.2, -0.15) is 44.5 Å². The highest BCUT2D eigenvalue weighted by Crippen LogP contribution is 2.37. The summed E-state index contributed by atoms with van der Waals surface area (Å²) in [6.07, 6.45) is -12.6. The van der Waals surface area contributed by atoms with Crippen molar-refractivity contribution in [3.05, 3.63) is 53.6 Å². The molecule has 50 heavy (non-hydrogen) atoms. The van der Waals surface area contributed by atoms with E-state index in [0.29, 0.717) is 38.5 Å². The van der Waals surface area contributed by atoms with E-state index in [9.17, 15) is 47.9 Å². The van der Waals surface area contributed by atoms with Crippen LogP contribution in [0.25, 0.3) is 10.9 Å². The molecular formula is C30H32F9N5O5S. The lowest BCUT2D eigenvalue weighted by molar-refractivity contribution is -0.192. The van der Waals surface area contributed by atoms with Gasteiger partial charge in [-0.1, -0.05) is 12.1 Å². The van der Waals surface area contributed by atoms with Crippen LogP contribution < -0.4 is 14.9 Å². The fourth-order valence-corrected chi connectivity index (χ4v) is 6.61. The maximum Gasteiger partial charge on any atom is 0.490 e. The molecule has 0 atom stereocenters. The van der Waals surface area contributed by atoms with Crippen LogP contribution in [0.5, 0.6) is 0 Å². The molecule has 3 N–H and O–H groups in total. The first-order valence-electron chi connectivity index (χ1n) is 15.2. The molecule has 2 aromatic carbocycles. The molecule has 5 rings (SSSR count). The van der Waals surface area contributed by atoms with Gasteiger partial charge in [0.25, 0.3) is 0 Å². The van der Waals surface area contributed by atoms with Crippen LogP contribution in [0.3, 0.4) is 0 Å². The number of hydrogen-bond donors (Lipinski definition) is 3. The number of alkyl halides is 9. The number of nitrogens with zero attached hydrogens (tertiary/aromatic N) is 3. The van der Waals surface area contributed by atoms with Crippen molar-refractivity contribution in [2.75, 3.05) is 49.6 Å². The first-order valence-corrected chi connectivity index (χ1v) is 16.6. The molecule has 3 aromatic rings. The number of benzene rings is 2. The number of anilines is 2. The zero-order chi connectivity index (χ0) is 36.9. The van der Waals surface area contributed by atoms with Crippen molar-refractivity contribution in [1.82, 2.24) is 14.7 Å². The van der Waals surface area contributed by atoms with Crippen LogP contribution in [0.4, 0.5) is 51.3 Å². The summed E-state index contributed by atoms with van der Waals surface area (Å²) < 4.78 is 144. The number of rotatable bonds is 8. The first-order chi connectivity index (χ1) is 23.2. The number of halogens is 9. The first kappa shape index (κ1) is 38.9. The number of ether oxygens (including phenoxy) is 1. The number of nitrogens with one attached hydrogen (secondary N) is 2. The van der Waals surface area contributed by atoms with Gasteiger partial charge in [0.05, 0.1) is 34.8 Å². The van der Waals surface area contributed by atoms with Gasteiger partial charge in [0.15, 0.2) is 0 Å². The number of morpholine rings is 1. The van der Waals surface area contributed by atoms with E-state index < -0.39 is 50.5 Å². The van der Waals surface area contributed by atoms with Gasteiger partial charge in [0.2, 0.25) is 16.0 Å². The number of para-hydroxylation sites is 1. The van der Waals surface area contributed by atoms with Crippen LogP contribution in [0.2, 0.25) is 0 Å². The minimum absolute atomic E-state index is 0.0865. The Bertz CT molecular complexity index is 1710. The summed E-state index contributed by atoms with van der Waals surface area (Å²) in [6, 6.07) is 8.13. The van der Waals surface area contributed by atoms with E-state index in [0.717, 1.165) is 42.7 Å². The van der Waals surface area contributed by atoms with Crippen LogP contribution in [0.1, 0.15) is 36.8 Å². The van der Waals surface area contributed by atoms with Crippen molar-refractivity contribution in [2.45, 2.75) is 49.1 Å². The van der Waals surface area contributed by atoms with Gasteiger partial charge in [-0.3, -0.25) is 0 Å². The standard InChI is InChI=1S/C28H31F6N5O3S.C2HF3O2/c29-27(30,31)20-13-21(28(32,33)34)15-22(14-20)43(40,41)36-17-19-7-5-18(6-8-19)16-35-26-37-24-4-2-1-3-23(24)25(38-26)39-9-11-42-12-10-39;3-2(4,5)1(6)7/h1-4,13-15,18-19,36H,5-12,16-17H2,(H,35,37,38);(H,6,7). The molecule has 0 radical (unpaired) electrons. The summed E-state index contributed by atoms with van der Waals surface area (Å²) in [5.41, 5.74) is -2.54. The maximum absolute atomic E-state index is 13.2. The van der Waals surface area contributed by atoms with Gasteiger partial charge in [0.1, 0.15) is 5.82 Å². The number of fused-ring (bicyclic) bond motifs is 1. The molecule has 0 amide bonds.